The molecule has 0 spiro atoms. The molecule has 0 radical (unpaired) electrons. The Morgan fingerprint density at radius 1 is 1.09 bits per heavy atom. The van der Waals surface area contributed by atoms with Crippen LogP contribution < -0.4 is 10.3 Å². The zero-order valence-electron chi connectivity index (χ0n) is 18.8. The number of fused-ring (bicyclic) bond motifs is 1. The highest BCUT2D eigenvalue weighted by Gasteiger charge is 2.26. The van der Waals surface area contributed by atoms with Gasteiger partial charge in [0.25, 0.3) is 0 Å². The molecule has 0 bridgehead atoms. The predicted molar refractivity (Wildman–Crippen MR) is 126 cm³/mol. The molecule has 2 aromatic carbocycles. The number of aryl methyl sites for hydroxylation is 2. The molecule has 0 aliphatic carbocycles. The first-order chi connectivity index (χ1) is 15.2. The Morgan fingerprint density at radius 3 is 2.38 bits per heavy atom. The predicted octanol–water partition coefficient (Wildman–Crippen LogP) is 4.93. The van der Waals surface area contributed by atoms with Crippen LogP contribution in [0.4, 0.5) is 10.1 Å². The van der Waals surface area contributed by atoms with Gasteiger partial charge in [-0.1, -0.05) is 31.5 Å². The minimum Gasteiger partial charge on any atom is -0.369 e. The molecular formula is C25H29FN2O3S. The first-order valence-electron chi connectivity index (χ1n) is 11.2. The second-order valence-corrected chi connectivity index (χ2v) is 10.7. The zero-order valence-corrected chi connectivity index (χ0v) is 19.6. The van der Waals surface area contributed by atoms with Gasteiger partial charge >= 0.3 is 0 Å². The zero-order chi connectivity index (χ0) is 23.0. The van der Waals surface area contributed by atoms with Gasteiger partial charge in [-0.25, -0.2) is 12.8 Å². The molecule has 0 atom stereocenters. The lowest BCUT2D eigenvalue weighted by Gasteiger charge is -2.32. The number of nitrogens with zero attached hydrogens (tertiary/aromatic N) is 2. The molecule has 1 saturated heterocycles. The highest BCUT2D eigenvalue weighted by molar-refractivity contribution is 7.91. The second kappa shape index (κ2) is 8.70. The van der Waals surface area contributed by atoms with E-state index >= 15 is 4.39 Å². The Bertz CT molecular complexity index is 1310. The van der Waals surface area contributed by atoms with Crippen molar-refractivity contribution in [2.24, 2.45) is 5.92 Å². The van der Waals surface area contributed by atoms with E-state index in [1.54, 1.807) is 22.8 Å². The van der Waals surface area contributed by atoms with Crippen LogP contribution in [-0.2, 0) is 16.4 Å². The first-order valence-corrected chi connectivity index (χ1v) is 12.6. The summed E-state index contributed by atoms with van der Waals surface area (Å²) >= 11 is 0. The van der Waals surface area contributed by atoms with Crippen LogP contribution in [0.15, 0.2) is 57.2 Å². The number of hydrogen-bond acceptors (Lipinski definition) is 4. The lowest BCUT2D eigenvalue weighted by molar-refractivity contribution is 0.434. The van der Waals surface area contributed by atoms with Gasteiger partial charge in [0.1, 0.15) is 10.7 Å². The molecule has 0 unspecified atom stereocenters. The van der Waals surface area contributed by atoms with E-state index in [1.807, 2.05) is 18.7 Å². The van der Waals surface area contributed by atoms with Crippen molar-refractivity contribution in [3.63, 3.8) is 0 Å². The van der Waals surface area contributed by atoms with E-state index in [0.717, 1.165) is 37.9 Å². The third kappa shape index (κ3) is 4.06. The number of rotatable bonds is 5. The summed E-state index contributed by atoms with van der Waals surface area (Å²) in [5.74, 6) is 0.125. The van der Waals surface area contributed by atoms with Crippen molar-refractivity contribution >= 4 is 26.4 Å². The van der Waals surface area contributed by atoms with Gasteiger partial charge in [0.2, 0.25) is 15.3 Å². The van der Waals surface area contributed by atoms with Crippen LogP contribution in [0.3, 0.4) is 0 Å². The Balaban J connectivity index is 1.90. The second-order valence-electron chi connectivity index (χ2n) is 8.82. The number of anilines is 1. The molecule has 1 aromatic heterocycles. The van der Waals surface area contributed by atoms with Gasteiger partial charge in [0.15, 0.2) is 0 Å². The molecule has 170 valence electrons. The molecule has 1 aliphatic rings. The number of aromatic nitrogens is 1. The number of sulfone groups is 1. The smallest absolute Gasteiger partial charge is 0.211 e. The Kier molecular flexibility index (Phi) is 6.12. The molecule has 2 heterocycles. The van der Waals surface area contributed by atoms with E-state index in [1.165, 1.54) is 24.4 Å². The van der Waals surface area contributed by atoms with Crippen molar-refractivity contribution in [3.05, 3.63) is 64.2 Å². The minimum atomic E-state index is -4.03. The topological polar surface area (TPSA) is 59.4 Å². The monoisotopic (exact) mass is 456 g/mol. The van der Waals surface area contributed by atoms with Crippen LogP contribution in [0.2, 0.25) is 0 Å². The molecule has 1 fully saturated rings. The summed E-state index contributed by atoms with van der Waals surface area (Å²) in [6, 6.07) is 9.32. The van der Waals surface area contributed by atoms with Crippen LogP contribution in [-0.4, -0.2) is 26.1 Å². The quantitative estimate of drug-likeness (QED) is 0.546. The van der Waals surface area contributed by atoms with Gasteiger partial charge in [0.05, 0.1) is 21.5 Å². The SMILES string of the molecule is CCCn1cc(S(=O)(=O)c2ccc(C)cc2)c(=O)c2cc(F)c(N3CCC(C)CC3)cc21. The van der Waals surface area contributed by atoms with Gasteiger partial charge < -0.3 is 9.47 Å². The molecule has 5 nitrogen and oxygen atoms in total. The maximum atomic E-state index is 15.2. The van der Waals surface area contributed by atoms with Crippen LogP contribution in [0.1, 0.15) is 38.7 Å². The molecular weight excluding hydrogens is 427 g/mol. The lowest BCUT2D eigenvalue weighted by atomic mass is 9.98. The summed E-state index contributed by atoms with van der Waals surface area (Å²) in [7, 11) is -4.03. The minimum absolute atomic E-state index is 0.0575. The average molecular weight is 457 g/mol. The van der Waals surface area contributed by atoms with Gasteiger partial charge in [-0.05, 0) is 56.4 Å². The largest absolute Gasteiger partial charge is 0.369 e. The Labute approximate surface area is 188 Å². The number of piperidine rings is 1. The maximum absolute atomic E-state index is 15.2. The fraction of sp³-hybridized carbons (Fsp3) is 0.400. The van der Waals surface area contributed by atoms with Gasteiger partial charge in [-0.3, -0.25) is 4.79 Å². The molecule has 0 amide bonds. The Morgan fingerprint density at radius 2 is 1.75 bits per heavy atom. The first kappa shape index (κ1) is 22.5. The number of pyridine rings is 1. The third-order valence-corrected chi connectivity index (χ3v) is 8.09. The molecule has 0 N–H and O–H groups in total. The van der Waals surface area contributed by atoms with Crippen molar-refractivity contribution in [1.82, 2.24) is 4.57 Å². The van der Waals surface area contributed by atoms with E-state index in [2.05, 4.69) is 6.92 Å². The van der Waals surface area contributed by atoms with Crippen LogP contribution in [0.25, 0.3) is 10.9 Å². The van der Waals surface area contributed by atoms with Crippen molar-refractivity contribution in [2.45, 2.75) is 56.4 Å². The third-order valence-electron chi connectivity index (χ3n) is 6.33. The molecule has 1 aliphatic heterocycles. The summed E-state index contributed by atoms with van der Waals surface area (Å²) in [6.45, 7) is 8.10. The van der Waals surface area contributed by atoms with E-state index in [-0.39, 0.29) is 15.2 Å². The van der Waals surface area contributed by atoms with Crippen LogP contribution >= 0.6 is 0 Å². The van der Waals surface area contributed by atoms with Crippen molar-refractivity contribution in [2.75, 3.05) is 18.0 Å². The van der Waals surface area contributed by atoms with Gasteiger partial charge in [-0.15, -0.1) is 0 Å². The number of benzene rings is 2. The highest BCUT2D eigenvalue weighted by atomic mass is 32.2. The fourth-order valence-corrected chi connectivity index (χ4v) is 5.69. The van der Waals surface area contributed by atoms with Crippen LogP contribution in [0.5, 0.6) is 0 Å². The summed E-state index contributed by atoms with van der Waals surface area (Å²) in [6.07, 6.45) is 4.15. The van der Waals surface area contributed by atoms with E-state index < -0.39 is 21.1 Å². The summed E-state index contributed by atoms with van der Waals surface area (Å²) in [5, 5.41) is 0.0956. The molecule has 7 heteroatoms. The molecule has 32 heavy (non-hydrogen) atoms. The lowest BCUT2D eigenvalue weighted by Crippen LogP contribution is -2.33. The standard InChI is InChI=1S/C25H29FN2O3S/c1-4-11-28-16-24(32(30,31)19-7-5-17(2)6-8-19)25(29)20-14-21(26)23(15-22(20)28)27-12-9-18(3)10-13-27/h5-8,14-16,18H,4,9-13H2,1-3H3. The fourth-order valence-electron chi connectivity index (χ4n) is 4.33. The van der Waals surface area contributed by atoms with Crippen molar-refractivity contribution in [1.29, 1.82) is 0 Å². The number of hydrogen-bond donors (Lipinski definition) is 0. The van der Waals surface area contributed by atoms with E-state index in [0.29, 0.717) is 23.7 Å². The van der Waals surface area contributed by atoms with Crippen LogP contribution in [0, 0.1) is 18.7 Å². The van der Waals surface area contributed by atoms with E-state index in [9.17, 15) is 13.2 Å². The Hall–Kier alpha value is -2.67. The average Bonchev–Trinajstić information content (AvgIpc) is 2.76. The highest BCUT2D eigenvalue weighted by Crippen LogP contribution is 2.30. The number of halogens is 1. The molecule has 3 aromatic rings. The normalized spacial score (nSPS) is 15.4. The van der Waals surface area contributed by atoms with Crippen molar-refractivity contribution in [3.8, 4) is 0 Å². The summed E-state index contributed by atoms with van der Waals surface area (Å²) in [4.78, 5) is 15.0. The van der Waals surface area contributed by atoms with E-state index in [4.69, 9.17) is 0 Å². The van der Waals surface area contributed by atoms with Crippen molar-refractivity contribution < 1.29 is 12.8 Å². The maximum Gasteiger partial charge on any atom is 0.211 e. The van der Waals surface area contributed by atoms with Gasteiger partial charge in [-0.2, -0.15) is 0 Å². The van der Waals surface area contributed by atoms with Gasteiger partial charge in [0, 0.05) is 25.8 Å². The summed E-state index contributed by atoms with van der Waals surface area (Å²) < 4.78 is 43.5. The molecule has 4 rings (SSSR count). The molecule has 0 saturated carbocycles. The summed E-state index contributed by atoms with van der Waals surface area (Å²) in [5.41, 5.74) is 1.30.